The number of amides is 3. The molecule has 0 bridgehead atoms. The molecule has 0 atom stereocenters. The highest BCUT2D eigenvalue weighted by atomic mass is 19.4. The van der Waals surface area contributed by atoms with Crippen molar-refractivity contribution in [3.05, 3.63) is 90.0 Å². The Kier molecular flexibility index (Phi) is 8.28. The number of urea groups is 1. The normalized spacial score (nSPS) is 11.4. The van der Waals surface area contributed by atoms with Gasteiger partial charge in [-0.25, -0.2) is 10.2 Å². The SMILES string of the molecule is COc1ccc(C(=O)NC/C(=N/NC(=O)Nc2ccc(OC(F)(F)F)cc2)c2ccccc2)cc1. The van der Waals surface area contributed by atoms with Gasteiger partial charge in [-0.3, -0.25) is 4.79 Å². The van der Waals surface area contributed by atoms with Crippen molar-refractivity contribution in [1.29, 1.82) is 0 Å². The van der Waals surface area contributed by atoms with Crippen molar-refractivity contribution >= 4 is 23.3 Å². The van der Waals surface area contributed by atoms with Crippen molar-refractivity contribution in [2.24, 2.45) is 5.10 Å². The summed E-state index contributed by atoms with van der Waals surface area (Å²) >= 11 is 0. The van der Waals surface area contributed by atoms with Gasteiger partial charge in [0.15, 0.2) is 0 Å². The summed E-state index contributed by atoms with van der Waals surface area (Å²) in [7, 11) is 1.53. The average Bonchev–Trinajstić information content (AvgIpc) is 2.85. The smallest absolute Gasteiger partial charge is 0.497 e. The predicted molar refractivity (Wildman–Crippen MR) is 124 cm³/mol. The lowest BCUT2D eigenvalue weighted by Gasteiger charge is -2.11. The molecule has 3 N–H and O–H groups in total. The van der Waals surface area contributed by atoms with Crippen LogP contribution in [0.5, 0.6) is 11.5 Å². The number of nitrogens with one attached hydrogen (secondary N) is 3. The van der Waals surface area contributed by atoms with Crippen LogP contribution in [0.1, 0.15) is 15.9 Å². The number of hydrazone groups is 1. The summed E-state index contributed by atoms with van der Waals surface area (Å²) in [4.78, 5) is 24.7. The Labute approximate surface area is 198 Å². The van der Waals surface area contributed by atoms with Crippen molar-refractivity contribution in [3.8, 4) is 11.5 Å². The predicted octanol–water partition coefficient (Wildman–Crippen LogP) is 4.55. The molecule has 0 saturated heterocycles. The second-order valence-corrected chi connectivity index (χ2v) is 6.97. The van der Waals surface area contributed by atoms with E-state index in [4.69, 9.17) is 4.74 Å². The van der Waals surface area contributed by atoms with E-state index in [1.807, 2.05) is 6.07 Å². The van der Waals surface area contributed by atoms with E-state index in [9.17, 15) is 22.8 Å². The number of hydrogen-bond donors (Lipinski definition) is 3. The van der Waals surface area contributed by atoms with Crippen molar-refractivity contribution in [2.45, 2.75) is 6.36 Å². The zero-order valence-corrected chi connectivity index (χ0v) is 18.4. The Morgan fingerprint density at radius 3 is 2.09 bits per heavy atom. The van der Waals surface area contributed by atoms with E-state index in [0.29, 0.717) is 22.6 Å². The molecule has 3 rings (SSSR count). The van der Waals surface area contributed by atoms with Gasteiger partial charge in [-0.2, -0.15) is 5.10 Å². The van der Waals surface area contributed by atoms with Crippen molar-refractivity contribution in [2.75, 3.05) is 19.0 Å². The molecule has 11 heteroatoms. The summed E-state index contributed by atoms with van der Waals surface area (Å²) in [6.07, 6.45) is -4.81. The van der Waals surface area contributed by atoms with Crippen LogP contribution in [0, 0.1) is 0 Å². The first-order valence-electron chi connectivity index (χ1n) is 10.2. The molecule has 0 aliphatic carbocycles. The molecule has 0 fully saturated rings. The topological polar surface area (TPSA) is 101 Å². The lowest BCUT2D eigenvalue weighted by atomic mass is 10.1. The van der Waals surface area contributed by atoms with Crippen LogP contribution in [0.2, 0.25) is 0 Å². The maximum absolute atomic E-state index is 12.5. The number of methoxy groups -OCH3 is 1. The lowest BCUT2D eigenvalue weighted by molar-refractivity contribution is -0.274. The highest BCUT2D eigenvalue weighted by molar-refractivity contribution is 6.05. The largest absolute Gasteiger partial charge is 0.573 e. The molecule has 0 radical (unpaired) electrons. The van der Waals surface area contributed by atoms with Gasteiger partial charge in [0.25, 0.3) is 5.91 Å². The Balaban J connectivity index is 1.63. The summed E-state index contributed by atoms with van der Waals surface area (Å²) in [5.74, 6) is -0.145. The Bertz CT molecular complexity index is 1170. The fraction of sp³-hybridized carbons (Fsp3) is 0.125. The van der Waals surface area contributed by atoms with Crippen LogP contribution in [0.25, 0.3) is 0 Å². The summed E-state index contributed by atoms with van der Waals surface area (Å²) in [5, 5.41) is 9.29. The summed E-state index contributed by atoms with van der Waals surface area (Å²) in [6, 6.07) is 19.3. The second kappa shape index (κ2) is 11.5. The fourth-order valence-electron chi connectivity index (χ4n) is 2.86. The number of carbonyl (C=O) groups excluding carboxylic acids is 2. The van der Waals surface area contributed by atoms with Crippen LogP contribution in [-0.2, 0) is 0 Å². The number of halogens is 3. The van der Waals surface area contributed by atoms with Gasteiger partial charge in [-0.05, 0) is 54.1 Å². The monoisotopic (exact) mass is 486 g/mol. The minimum Gasteiger partial charge on any atom is -0.497 e. The van der Waals surface area contributed by atoms with Gasteiger partial charge in [-0.15, -0.1) is 13.2 Å². The van der Waals surface area contributed by atoms with Crippen molar-refractivity contribution < 1.29 is 32.2 Å². The molecule has 182 valence electrons. The van der Waals surface area contributed by atoms with E-state index in [1.54, 1.807) is 48.5 Å². The number of ether oxygens (including phenoxy) is 2. The molecule has 0 unspecified atom stereocenters. The molecule has 3 amide bonds. The maximum atomic E-state index is 12.5. The minimum absolute atomic E-state index is 0.0125. The average molecular weight is 486 g/mol. The number of rotatable bonds is 8. The summed E-state index contributed by atoms with van der Waals surface area (Å²) < 4.78 is 45.6. The molecule has 0 aliphatic heterocycles. The third-order valence-corrected chi connectivity index (χ3v) is 4.51. The van der Waals surface area contributed by atoms with Crippen LogP contribution in [-0.4, -0.2) is 37.7 Å². The third-order valence-electron chi connectivity index (χ3n) is 4.51. The molecule has 0 heterocycles. The standard InChI is InChI=1S/C24H21F3N4O4/c1-34-19-11-7-17(8-12-19)22(32)28-15-21(16-5-3-2-4-6-16)30-31-23(33)29-18-9-13-20(14-10-18)35-24(25,26)27/h2-14H,15H2,1H3,(H,28,32)(H2,29,31,33)/b30-21-. The van der Waals surface area contributed by atoms with E-state index in [2.05, 4.69) is 25.9 Å². The number of alkyl halides is 3. The van der Waals surface area contributed by atoms with Gasteiger partial charge in [-0.1, -0.05) is 30.3 Å². The summed E-state index contributed by atoms with van der Waals surface area (Å²) in [6.45, 7) is 0.0125. The van der Waals surface area contributed by atoms with Crippen molar-refractivity contribution in [1.82, 2.24) is 10.7 Å². The first-order chi connectivity index (χ1) is 16.7. The van der Waals surface area contributed by atoms with Crippen LogP contribution in [0.15, 0.2) is 84.0 Å². The number of carbonyl (C=O) groups is 2. The highest BCUT2D eigenvalue weighted by Crippen LogP contribution is 2.23. The molecule has 3 aromatic rings. The quantitative estimate of drug-likeness (QED) is 0.321. The third kappa shape index (κ3) is 8.07. The molecule has 3 aromatic carbocycles. The molecule has 0 aromatic heterocycles. The Hall–Kier alpha value is -4.54. The maximum Gasteiger partial charge on any atom is 0.573 e. The second-order valence-electron chi connectivity index (χ2n) is 6.97. The van der Waals surface area contributed by atoms with E-state index >= 15 is 0 Å². The molecule has 35 heavy (non-hydrogen) atoms. The van der Waals surface area contributed by atoms with Gasteiger partial charge in [0.05, 0.1) is 19.4 Å². The van der Waals surface area contributed by atoms with E-state index < -0.39 is 18.1 Å². The van der Waals surface area contributed by atoms with E-state index in [0.717, 1.165) is 12.1 Å². The van der Waals surface area contributed by atoms with Crippen molar-refractivity contribution in [3.63, 3.8) is 0 Å². The lowest BCUT2D eigenvalue weighted by Crippen LogP contribution is -2.32. The van der Waals surface area contributed by atoms with Gasteiger partial charge < -0.3 is 20.1 Å². The summed E-state index contributed by atoms with van der Waals surface area (Å²) in [5.41, 5.74) is 4.00. The van der Waals surface area contributed by atoms with Gasteiger partial charge >= 0.3 is 12.4 Å². The highest BCUT2D eigenvalue weighted by Gasteiger charge is 2.30. The van der Waals surface area contributed by atoms with Crippen LogP contribution >= 0.6 is 0 Å². The fourth-order valence-corrected chi connectivity index (χ4v) is 2.86. The minimum atomic E-state index is -4.81. The van der Waals surface area contributed by atoms with Crippen LogP contribution in [0.3, 0.4) is 0 Å². The Morgan fingerprint density at radius 2 is 1.49 bits per heavy atom. The molecule has 0 aliphatic rings. The van der Waals surface area contributed by atoms with Gasteiger partial charge in [0.1, 0.15) is 11.5 Å². The Morgan fingerprint density at radius 1 is 0.857 bits per heavy atom. The first kappa shape index (κ1) is 25.1. The van der Waals surface area contributed by atoms with Crippen LogP contribution in [0.4, 0.5) is 23.7 Å². The number of hydrogen-bond acceptors (Lipinski definition) is 5. The first-order valence-corrected chi connectivity index (χ1v) is 10.2. The van der Waals surface area contributed by atoms with E-state index in [-0.39, 0.29) is 18.1 Å². The molecular formula is C24H21F3N4O4. The number of benzene rings is 3. The zero-order chi connectivity index (χ0) is 25.3. The molecule has 0 spiro atoms. The number of nitrogens with zero attached hydrogens (tertiary/aromatic N) is 1. The molecule has 0 saturated carbocycles. The van der Waals surface area contributed by atoms with E-state index in [1.165, 1.54) is 19.2 Å². The van der Waals surface area contributed by atoms with Crippen LogP contribution < -0.4 is 25.5 Å². The molecule has 8 nitrogen and oxygen atoms in total. The van der Waals surface area contributed by atoms with Gasteiger partial charge in [0, 0.05) is 11.3 Å². The number of anilines is 1. The zero-order valence-electron chi connectivity index (χ0n) is 18.4. The molecular weight excluding hydrogens is 465 g/mol. The van der Waals surface area contributed by atoms with Gasteiger partial charge in [0.2, 0.25) is 0 Å².